The molecule has 3 N–H and O–H groups in total. The first-order valence-corrected chi connectivity index (χ1v) is 5.45. The largest absolute Gasteiger partial charge is 0.346 e. The fraction of sp³-hybridized carbons (Fsp3) is 0.800. The van der Waals surface area contributed by atoms with E-state index in [-0.39, 0.29) is 37.3 Å². The van der Waals surface area contributed by atoms with Gasteiger partial charge in [0.15, 0.2) is 0 Å². The maximum Gasteiger partial charge on any atom is 0.242 e. The Morgan fingerprint density at radius 1 is 1.44 bits per heavy atom. The van der Waals surface area contributed by atoms with Crippen molar-refractivity contribution in [1.82, 2.24) is 10.2 Å². The number of hydrogen-bond donors (Lipinski definition) is 2. The summed E-state index contributed by atoms with van der Waals surface area (Å²) >= 11 is 0. The number of hydrogen-bond acceptors (Lipinski definition) is 3. The zero-order chi connectivity index (χ0) is 11.3. The van der Waals surface area contributed by atoms with Crippen LogP contribution in [0, 0.1) is 0 Å². The lowest BCUT2D eigenvalue weighted by Crippen LogP contribution is -2.48. The highest BCUT2D eigenvalue weighted by atomic mass is 35.5. The average molecular weight is 250 g/mol. The number of nitrogens with two attached hydrogens (primary N) is 1. The van der Waals surface area contributed by atoms with E-state index in [0.717, 1.165) is 12.8 Å². The molecule has 1 saturated carbocycles. The van der Waals surface area contributed by atoms with E-state index in [1.165, 1.54) is 6.42 Å². The molecule has 0 aromatic heterocycles. The zero-order valence-corrected chi connectivity index (χ0v) is 10.4. The summed E-state index contributed by atoms with van der Waals surface area (Å²) in [7, 11) is 0. The molecule has 1 aliphatic carbocycles. The van der Waals surface area contributed by atoms with E-state index in [2.05, 4.69) is 5.32 Å². The Hall–Kier alpha value is -0.810. The predicted molar refractivity (Wildman–Crippen MR) is 64.3 cm³/mol. The van der Waals surface area contributed by atoms with Gasteiger partial charge in [-0.1, -0.05) is 0 Å². The number of halogens is 1. The minimum atomic E-state index is -0.284. The Bertz CT molecular complexity index is 244. The van der Waals surface area contributed by atoms with Crippen molar-refractivity contribution in [3.63, 3.8) is 0 Å². The van der Waals surface area contributed by atoms with Crippen molar-refractivity contribution in [3.8, 4) is 0 Å². The van der Waals surface area contributed by atoms with E-state index in [1.54, 1.807) is 0 Å². The first-order valence-electron chi connectivity index (χ1n) is 5.45. The third-order valence-electron chi connectivity index (χ3n) is 2.80. The Morgan fingerprint density at radius 3 is 2.44 bits per heavy atom. The lowest BCUT2D eigenvalue weighted by molar-refractivity contribution is -0.135. The number of carbonyl (C=O) groups is 2. The summed E-state index contributed by atoms with van der Waals surface area (Å²) in [6.45, 7) is 2.67. The average Bonchev–Trinajstić information content (AvgIpc) is 2.18. The molecule has 1 fully saturated rings. The number of amides is 2. The summed E-state index contributed by atoms with van der Waals surface area (Å²) < 4.78 is 0. The van der Waals surface area contributed by atoms with Crippen LogP contribution in [0.2, 0.25) is 0 Å². The van der Waals surface area contributed by atoms with Crippen LogP contribution < -0.4 is 11.1 Å². The monoisotopic (exact) mass is 249 g/mol. The van der Waals surface area contributed by atoms with Crippen LogP contribution in [0.1, 0.15) is 26.2 Å². The van der Waals surface area contributed by atoms with Crippen molar-refractivity contribution in [3.05, 3.63) is 0 Å². The van der Waals surface area contributed by atoms with Crippen molar-refractivity contribution in [2.75, 3.05) is 19.6 Å². The number of rotatable bonds is 5. The molecular weight excluding hydrogens is 230 g/mol. The van der Waals surface area contributed by atoms with Gasteiger partial charge in [0.1, 0.15) is 0 Å². The third-order valence-corrected chi connectivity index (χ3v) is 2.80. The number of nitrogens with one attached hydrogen (secondary N) is 1. The summed E-state index contributed by atoms with van der Waals surface area (Å²) in [5.74, 6) is -0.294. The van der Waals surface area contributed by atoms with E-state index in [0.29, 0.717) is 12.6 Å². The van der Waals surface area contributed by atoms with Gasteiger partial charge in [0.2, 0.25) is 11.8 Å². The van der Waals surface area contributed by atoms with Gasteiger partial charge in [-0.15, -0.1) is 12.4 Å². The molecule has 2 amide bonds. The van der Waals surface area contributed by atoms with Crippen LogP contribution in [0.3, 0.4) is 0 Å². The molecule has 0 heterocycles. The second-order valence-corrected chi connectivity index (χ2v) is 3.75. The molecule has 0 aromatic rings. The van der Waals surface area contributed by atoms with E-state index in [9.17, 15) is 9.59 Å². The van der Waals surface area contributed by atoms with Gasteiger partial charge in [0.25, 0.3) is 0 Å². The Balaban J connectivity index is 0.00000225. The molecule has 0 radical (unpaired) electrons. The molecule has 1 aliphatic rings. The van der Waals surface area contributed by atoms with Crippen LogP contribution in [0.5, 0.6) is 0 Å². The van der Waals surface area contributed by atoms with Gasteiger partial charge in [-0.2, -0.15) is 0 Å². The molecule has 0 aliphatic heterocycles. The molecule has 0 saturated heterocycles. The molecule has 0 aromatic carbocycles. The van der Waals surface area contributed by atoms with Crippen molar-refractivity contribution in [2.45, 2.75) is 32.2 Å². The smallest absolute Gasteiger partial charge is 0.242 e. The van der Waals surface area contributed by atoms with Crippen molar-refractivity contribution in [1.29, 1.82) is 0 Å². The maximum absolute atomic E-state index is 11.7. The topological polar surface area (TPSA) is 75.4 Å². The molecule has 1 rings (SSSR count). The molecule has 94 valence electrons. The van der Waals surface area contributed by atoms with Gasteiger partial charge >= 0.3 is 0 Å². The van der Waals surface area contributed by atoms with E-state index in [4.69, 9.17) is 5.73 Å². The standard InChI is InChI=1S/C10H19N3O2.ClH/c1-2-13(8-4-3-5-8)10(15)7-12-9(14)6-11;/h8H,2-7,11H2,1H3,(H,12,14);1H. The Kier molecular flexibility index (Phi) is 7.08. The lowest BCUT2D eigenvalue weighted by Gasteiger charge is -2.37. The molecular formula is C10H20ClN3O2. The molecule has 5 nitrogen and oxygen atoms in total. The molecule has 0 bridgehead atoms. The first kappa shape index (κ1) is 15.2. The van der Waals surface area contributed by atoms with Gasteiger partial charge in [-0.05, 0) is 26.2 Å². The molecule has 0 atom stereocenters. The van der Waals surface area contributed by atoms with Gasteiger partial charge in [0, 0.05) is 12.6 Å². The quantitative estimate of drug-likeness (QED) is 0.714. The van der Waals surface area contributed by atoms with E-state index in [1.807, 2.05) is 11.8 Å². The number of likely N-dealkylation sites (N-methyl/N-ethyl adjacent to an activating group) is 1. The fourth-order valence-electron chi connectivity index (χ4n) is 1.68. The van der Waals surface area contributed by atoms with Crippen molar-refractivity contribution < 1.29 is 9.59 Å². The summed E-state index contributed by atoms with van der Waals surface area (Å²) in [6.07, 6.45) is 3.37. The fourth-order valence-corrected chi connectivity index (χ4v) is 1.68. The van der Waals surface area contributed by atoms with Crippen LogP contribution in [0.25, 0.3) is 0 Å². The van der Waals surface area contributed by atoms with Crippen LogP contribution in [0.4, 0.5) is 0 Å². The van der Waals surface area contributed by atoms with Gasteiger partial charge in [0.05, 0.1) is 13.1 Å². The second-order valence-electron chi connectivity index (χ2n) is 3.75. The van der Waals surface area contributed by atoms with Crippen LogP contribution in [-0.4, -0.2) is 42.4 Å². The second kappa shape index (κ2) is 7.46. The molecule has 6 heteroatoms. The van der Waals surface area contributed by atoms with E-state index < -0.39 is 0 Å². The number of carbonyl (C=O) groups excluding carboxylic acids is 2. The lowest BCUT2D eigenvalue weighted by atomic mass is 9.91. The van der Waals surface area contributed by atoms with Crippen LogP contribution in [-0.2, 0) is 9.59 Å². The van der Waals surface area contributed by atoms with Crippen molar-refractivity contribution in [2.24, 2.45) is 5.73 Å². The third kappa shape index (κ3) is 3.98. The van der Waals surface area contributed by atoms with Crippen LogP contribution >= 0.6 is 12.4 Å². The normalized spacial score (nSPS) is 14.6. The summed E-state index contributed by atoms with van der Waals surface area (Å²) in [5, 5.41) is 2.49. The van der Waals surface area contributed by atoms with E-state index >= 15 is 0 Å². The minimum absolute atomic E-state index is 0. The molecule has 0 spiro atoms. The summed E-state index contributed by atoms with van der Waals surface area (Å²) in [5.41, 5.74) is 5.13. The van der Waals surface area contributed by atoms with Crippen molar-refractivity contribution >= 4 is 24.2 Å². The highest BCUT2D eigenvalue weighted by molar-refractivity contribution is 5.86. The minimum Gasteiger partial charge on any atom is -0.346 e. The van der Waals surface area contributed by atoms with Crippen LogP contribution in [0.15, 0.2) is 0 Å². The Morgan fingerprint density at radius 2 is 2.06 bits per heavy atom. The predicted octanol–water partition coefficient (Wildman–Crippen LogP) is -0.116. The van der Waals surface area contributed by atoms with Gasteiger partial charge in [-0.25, -0.2) is 0 Å². The summed E-state index contributed by atoms with van der Waals surface area (Å²) in [4.78, 5) is 24.4. The first-order chi connectivity index (χ1) is 7.19. The molecule has 16 heavy (non-hydrogen) atoms. The number of nitrogens with zero attached hydrogens (tertiary/aromatic N) is 1. The van der Waals surface area contributed by atoms with Gasteiger partial charge in [-0.3, -0.25) is 9.59 Å². The molecule has 0 unspecified atom stereocenters. The highest BCUT2D eigenvalue weighted by Gasteiger charge is 2.27. The Labute approximate surface area is 102 Å². The maximum atomic E-state index is 11.7. The van der Waals surface area contributed by atoms with Gasteiger partial charge < -0.3 is 16.0 Å². The zero-order valence-electron chi connectivity index (χ0n) is 9.57. The summed E-state index contributed by atoms with van der Waals surface area (Å²) in [6, 6.07) is 0.386. The highest BCUT2D eigenvalue weighted by Crippen LogP contribution is 2.24. The SMILES string of the molecule is CCN(C(=O)CNC(=O)CN)C1CCC1.Cl.